The molecule has 0 unspecified atom stereocenters. The van der Waals surface area contributed by atoms with E-state index in [1.807, 2.05) is 0 Å². The van der Waals surface area contributed by atoms with Crippen LogP contribution in [-0.2, 0) is 10.7 Å². The van der Waals surface area contributed by atoms with Crippen LogP contribution in [0.3, 0.4) is 0 Å². The molecule has 0 amide bonds. The lowest BCUT2D eigenvalue weighted by atomic mass is 10.2. The van der Waals surface area contributed by atoms with Crippen molar-refractivity contribution in [1.29, 1.82) is 0 Å². The van der Waals surface area contributed by atoms with Gasteiger partial charge >= 0.3 is 0 Å². The first-order valence-corrected chi connectivity index (χ1v) is 4.16. The lowest BCUT2D eigenvalue weighted by Crippen LogP contribution is -1.95. The van der Waals surface area contributed by atoms with Gasteiger partial charge in [-0.2, -0.15) is 0 Å². The predicted octanol–water partition coefficient (Wildman–Crippen LogP) is 1.87. The zero-order valence-corrected chi connectivity index (χ0v) is 7.73. The molecule has 1 aromatic rings. The first-order chi connectivity index (χ1) is 6.69. The Hall–Kier alpha value is -1.62. The van der Waals surface area contributed by atoms with Gasteiger partial charge in [-0.05, 0) is 6.07 Å². The van der Waals surface area contributed by atoms with Gasteiger partial charge in [-0.1, -0.05) is 0 Å². The molecule has 1 aromatic carbocycles. The number of halogens is 1. The van der Waals surface area contributed by atoms with Gasteiger partial charge in [-0.3, -0.25) is 14.9 Å². The van der Waals surface area contributed by atoms with Crippen molar-refractivity contribution in [3.05, 3.63) is 33.9 Å². The van der Waals surface area contributed by atoms with E-state index in [4.69, 9.17) is 11.6 Å². The number of ether oxygens (including phenoxy) is 1. The molecule has 0 aromatic heterocycles. The standard InChI is InChI=1S/C8H6ClNO4/c9-4-6-3-7(10(12)13)1-2-8(6)14-5-11/h1-3,5H,4H2. The van der Waals surface area contributed by atoms with Gasteiger partial charge in [0.2, 0.25) is 0 Å². The van der Waals surface area contributed by atoms with Crippen LogP contribution in [0.4, 0.5) is 5.69 Å². The smallest absolute Gasteiger partial charge is 0.298 e. The van der Waals surface area contributed by atoms with Crippen molar-refractivity contribution < 1.29 is 14.5 Å². The van der Waals surface area contributed by atoms with Crippen LogP contribution in [0.5, 0.6) is 5.75 Å². The Bertz CT molecular complexity index is 366. The number of nitrogens with zero attached hydrogens (tertiary/aromatic N) is 1. The lowest BCUT2D eigenvalue weighted by molar-refractivity contribution is -0.384. The summed E-state index contributed by atoms with van der Waals surface area (Å²) in [7, 11) is 0. The second-order valence-electron chi connectivity index (χ2n) is 2.40. The van der Waals surface area contributed by atoms with Crippen LogP contribution < -0.4 is 4.74 Å². The lowest BCUT2D eigenvalue weighted by Gasteiger charge is -2.02. The van der Waals surface area contributed by atoms with Gasteiger partial charge in [0.15, 0.2) is 0 Å². The third-order valence-corrected chi connectivity index (χ3v) is 1.86. The summed E-state index contributed by atoms with van der Waals surface area (Å²) in [6.45, 7) is 0.247. The average molecular weight is 216 g/mol. The molecule has 0 spiro atoms. The molecule has 74 valence electrons. The normalized spacial score (nSPS) is 9.50. The van der Waals surface area contributed by atoms with Crippen LogP contribution in [0.25, 0.3) is 0 Å². The number of nitro benzene ring substituents is 1. The molecule has 6 heteroatoms. The summed E-state index contributed by atoms with van der Waals surface area (Å²) >= 11 is 5.53. The quantitative estimate of drug-likeness (QED) is 0.333. The van der Waals surface area contributed by atoms with Crippen LogP contribution in [0, 0.1) is 10.1 Å². The monoisotopic (exact) mass is 215 g/mol. The summed E-state index contributed by atoms with van der Waals surface area (Å²) in [6, 6.07) is 3.85. The van der Waals surface area contributed by atoms with E-state index in [1.165, 1.54) is 18.2 Å². The summed E-state index contributed by atoms with van der Waals surface area (Å²) in [5, 5.41) is 10.4. The van der Waals surface area contributed by atoms with Crippen LogP contribution in [0.2, 0.25) is 0 Å². The molecule has 14 heavy (non-hydrogen) atoms. The SMILES string of the molecule is O=COc1ccc([N+](=O)[O-])cc1CCl. The number of alkyl halides is 1. The third-order valence-electron chi connectivity index (χ3n) is 1.57. The third kappa shape index (κ3) is 2.20. The Morgan fingerprint density at radius 2 is 2.29 bits per heavy atom. The molecule has 0 radical (unpaired) electrons. The van der Waals surface area contributed by atoms with E-state index >= 15 is 0 Å². The van der Waals surface area contributed by atoms with Crippen molar-refractivity contribution in [1.82, 2.24) is 0 Å². The highest BCUT2D eigenvalue weighted by Crippen LogP contribution is 2.25. The number of carbonyl (C=O) groups is 1. The van der Waals surface area contributed by atoms with Gasteiger partial charge in [0.25, 0.3) is 12.2 Å². The van der Waals surface area contributed by atoms with Gasteiger partial charge in [0.05, 0.1) is 10.8 Å². The van der Waals surface area contributed by atoms with Gasteiger partial charge in [-0.25, -0.2) is 0 Å². The van der Waals surface area contributed by atoms with Gasteiger partial charge in [0.1, 0.15) is 5.75 Å². The van der Waals surface area contributed by atoms with Crippen molar-refractivity contribution in [2.75, 3.05) is 0 Å². The fraction of sp³-hybridized carbons (Fsp3) is 0.125. The Morgan fingerprint density at radius 1 is 1.57 bits per heavy atom. The largest absolute Gasteiger partial charge is 0.428 e. The first kappa shape index (κ1) is 10.5. The van der Waals surface area contributed by atoms with E-state index < -0.39 is 4.92 Å². The highest BCUT2D eigenvalue weighted by molar-refractivity contribution is 6.17. The minimum atomic E-state index is -0.541. The number of hydrogen-bond donors (Lipinski definition) is 0. The molecule has 0 fully saturated rings. The second-order valence-corrected chi connectivity index (χ2v) is 2.66. The summed E-state index contributed by atoms with van der Waals surface area (Å²) in [5.74, 6) is 0.283. The molecular formula is C8H6ClNO4. The van der Waals surface area contributed by atoms with Crippen LogP contribution in [0.15, 0.2) is 18.2 Å². The molecule has 0 saturated carbocycles. The van der Waals surface area contributed by atoms with E-state index in [2.05, 4.69) is 4.74 Å². The summed E-state index contributed by atoms with van der Waals surface area (Å²) < 4.78 is 4.58. The average Bonchev–Trinajstić information content (AvgIpc) is 2.18. The van der Waals surface area contributed by atoms with Crippen molar-refractivity contribution >= 4 is 23.8 Å². The fourth-order valence-electron chi connectivity index (χ4n) is 0.951. The van der Waals surface area contributed by atoms with Crippen molar-refractivity contribution in [3.63, 3.8) is 0 Å². The van der Waals surface area contributed by atoms with Crippen molar-refractivity contribution in [2.45, 2.75) is 5.88 Å². The Morgan fingerprint density at radius 3 is 2.79 bits per heavy atom. The zero-order chi connectivity index (χ0) is 10.6. The van der Waals surface area contributed by atoms with E-state index in [0.717, 1.165) is 0 Å². The van der Waals surface area contributed by atoms with Crippen LogP contribution >= 0.6 is 11.6 Å². The maximum absolute atomic E-state index is 10.4. The molecule has 0 aliphatic heterocycles. The fourth-order valence-corrected chi connectivity index (χ4v) is 1.16. The topological polar surface area (TPSA) is 69.4 Å². The van der Waals surface area contributed by atoms with E-state index in [-0.39, 0.29) is 23.8 Å². The van der Waals surface area contributed by atoms with E-state index in [9.17, 15) is 14.9 Å². The molecule has 5 nitrogen and oxygen atoms in total. The minimum absolute atomic E-state index is 0.0465. The molecule has 0 heterocycles. The molecule has 0 bridgehead atoms. The number of non-ortho nitro benzene ring substituents is 1. The molecular weight excluding hydrogens is 210 g/mol. The van der Waals surface area contributed by atoms with Crippen LogP contribution in [-0.4, -0.2) is 11.4 Å². The highest BCUT2D eigenvalue weighted by atomic mass is 35.5. The van der Waals surface area contributed by atoms with Crippen molar-refractivity contribution in [2.24, 2.45) is 0 Å². The van der Waals surface area contributed by atoms with E-state index in [0.29, 0.717) is 5.56 Å². The number of hydrogen-bond acceptors (Lipinski definition) is 4. The number of rotatable bonds is 4. The van der Waals surface area contributed by atoms with Crippen LogP contribution in [0.1, 0.15) is 5.56 Å². The molecule has 0 N–H and O–H groups in total. The molecule has 1 rings (SSSR count). The molecule has 0 saturated heterocycles. The molecule has 0 atom stereocenters. The maximum atomic E-state index is 10.4. The Balaban J connectivity index is 3.10. The Kier molecular flexibility index (Phi) is 3.41. The first-order valence-electron chi connectivity index (χ1n) is 3.62. The predicted molar refractivity (Wildman–Crippen MR) is 49.3 cm³/mol. The minimum Gasteiger partial charge on any atom is -0.428 e. The highest BCUT2D eigenvalue weighted by Gasteiger charge is 2.10. The summed E-state index contributed by atoms with van der Waals surface area (Å²) in [5.41, 5.74) is 0.326. The summed E-state index contributed by atoms with van der Waals surface area (Å²) in [6.07, 6.45) is 0. The van der Waals surface area contributed by atoms with E-state index in [1.54, 1.807) is 0 Å². The zero-order valence-electron chi connectivity index (χ0n) is 6.97. The van der Waals surface area contributed by atoms with Gasteiger partial charge in [-0.15, -0.1) is 11.6 Å². The molecule has 0 aliphatic rings. The Labute approximate surface area is 84.4 Å². The van der Waals surface area contributed by atoms with Gasteiger partial charge in [0, 0.05) is 17.7 Å². The number of benzene rings is 1. The summed E-state index contributed by atoms with van der Waals surface area (Å²) in [4.78, 5) is 19.9. The number of carbonyl (C=O) groups excluding carboxylic acids is 1. The maximum Gasteiger partial charge on any atom is 0.298 e. The number of nitro groups is 1. The van der Waals surface area contributed by atoms with Crippen molar-refractivity contribution in [3.8, 4) is 5.75 Å². The van der Waals surface area contributed by atoms with Gasteiger partial charge < -0.3 is 4.74 Å². The second kappa shape index (κ2) is 4.57. The molecule has 0 aliphatic carbocycles.